The molecule has 0 spiro atoms. The van der Waals surface area contributed by atoms with Crippen LogP contribution in [0, 0.1) is 12.8 Å². The van der Waals surface area contributed by atoms with Crippen LogP contribution in [0.4, 0.5) is 20.5 Å². The van der Waals surface area contributed by atoms with Crippen LogP contribution < -0.4 is 10.2 Å². The van der Waals surface area contributed by atoms with E-state index in [1.165, 1.54) is 16.2 Å². The van der Waals surface area contributed by atoms with Gasteiger partial charge in [-0.1, -0.05) is 0 Å². The number of fused-ring (bicyclic) bond motifs is 1. The summed E-state index contributed by atoms with van der Waals surface area (Å²) in [5.41, 5.74) is 3.05. The number of pyridine rings is 1. The molecular weight excluding hydrogens is 502 g/mol. The summed E-state index contributed by atoms with van der Waals surface area (Å²) in [6, 6.07) is 1.93. The molecule has 0 bridgehead atoms. The van der Waals surface area contributed by atoms with Crippen LogP contribution in [0.15, 0.2) is 12.3 Å². The molecule has 1 saturated heterocycles. The van der Waals surface area contributed by atoms with Crippen LogP contribution in [0.5, 0.6) is 0 Å². The highest BCUT2D eigenvalue weighted by Gasteiger charge is 2.47. The van der Waals surface area contributed by atoms with Crippen molar-refractivity contribution in [2.24, 2.45) is 5.92 Å². The van der Waals surface area contributed by atoms with E-state index in [-0.39, 0.29) is 13.0 Å². The first-order valence-electron chi connectivity index (χ1n) is 12.7. The number of ether oxygens (including phenoxy) is 1. The Morgan fingerprint density at radius 1 is 1.22 bits per heavy atom. The van der Waals surface area contributed by atoms with Crippen LogP contribution in [0.2, 0.25) is 0 Å². The lowest BCUT2D eigenvalue weighted by Gasteiger charge is -2.43. The van der Waals surface area contributed by atoms with Crippen molar-refractivity contribution < 1.29 is 23.7 Å². The summed E-state index contributed by atoms with van der Waals surface area (Å²) in [5.74, 6) is -3.40. The summed E-state index contributed by atoms with van der Waals surface area (Å²) in [4.78, 5) is 20.3. The Labute approximate surface area is 217 Å². The molecule has 12 heteroatoms. The Hall–Kier alpha value is -2.54. The second-order valence-electron chi connectivity index (χ2n) is 9.74. The van der Waals surface area contributed by atoms with E-state index in [1.54, 1.807) is 6.20 Å². The molecule has 0 aromatic carbocycles. The number of halogens is 2. The number of aromatic nitrogens is 4. The summed E-state index contributed by atoms with van der Waals surface area (Å²) in [6.45, 7) is 6.12. The van der Waals surface area contributed by atoms with Crippen LogP contribution in [-0.2, 0) is 4.74 Å². The number of nitrogens with zero attached hydrogens (tertiary/aromatic N) is 5. The van der Waals surface area contributed by atoms with E-state index in [0.717, 1.165) is 35.7 Å². The normalized spacial score (nSPS) is 22.6. The highest BCUT2D eigenvalue weighted by Crippen LogP contribution is 2.45. The lowest BCUT2D eigenvalue weighted by atomic mass is 9.87. The maximum absolute atomic E-state index is 14.1. The number of thiazole rings is 1. The van der Waals surface area contributed by atoms with Gasteiger partial charge in [-0.3, -0.25) is 4.98 Å². The van der Waals surface area contributed by atoms with Gasteiger partial charge in [0.1, 0.15) is 22.4 Å². The van der Waals surface area contributed by atoms with Crippen LogP contribution in [-0.4, -0.2) is 74.7 Å². The molecule has 5 rings (SSSR count). The van der Waals surface area contributed by atoms with E-state index in [0.29, 0.717) is 53.7 Å². The van der Waals surface area contributed by atoms with Crippen molar-refractivity contribution in [2.45, 2.75) is 64.2 Å². The monoisotopic (exact) mass is 534 g/mol. The molecule has 2 aliphatic rings. The average Bonchev–Trinajstić information content (AvgIpc) is 3.60. The molecule has 1 aliphatic heterocycles. The van der Waals surface area contributed by atoms with Gasteiger partial charge >= 0.3 is 0 Å². The third-order valence-electron chi connectivity index (χ3n) is 6.96. The molecule has 3 atom stereocenters. The van der Waals surface area contributed by atoms with Gasteiger partial charge in [-0.05, 0) is 46.1 Å². The molecule has 1 saturated carbocycles. The van der Waals surface area contributed by atoms with Crippen molar-refractivity contribution >= 4 is 33.3 Å². The topological polar surface area (TPSA) is 117 Å². The van der Waals surface area contributed by atoms with E-state index in [1.807, 2.05) is 19.9 Å². The van der Waals surface area contributed by atoms with Crippen LogP contribution in [0.3, 0.4) is 0 Å². The van der Waals surface area contributed by atoms with Crippen molar-refractivity contribution in [3.8, 4) is 10.6 Å². The minimum absolute atomic E-state index is 0.00703. The second-order valence-corrected chi connectivity index (χ2v) is 10.8. The molecule has 9 nitrogen and oxygen atoms in total. The maximum atomic E-state index is 14.1. The zero-order valence-corrected chi connectivity index (χ0v) is 21.9. The van der Waals surface area contributed by atoms with Gasteiger partial charge in [-0.15, -0.1) is 11.3 Å². The number of aryl methyl sites for hydroxylation is 1. The molecule has 4 heterocycles. The first-order valence-corrected chi connectivity index (χ1v) is 13.5. The molecule has 0 radical (unpaired) electrons. The minimum atomic E-state index is -3.12. The van der Waals surface area contributed by atoms with E-state index in [2.05, 4.69) is 20.3 Å². The lowest BCUT2D eigenvalue weighted by molar-refractivity contribution is -0.136. The smallest absolute Gasteiger partial charge is 0.250 e. The molecule has 1 unspecified atom stereocenters. The van der Waals surface area contributed by atoms with E-state index in [9.17, 15) is 19.0 Å². The third-order valence-corrected chi connectivity index (χ3v) is 8.00. The van der Waals surface area contributed by atoms with Gasteiger partial charge in [-0.2, -0.15) is 4.98 Å². The Morgan fingerprint density at radius 3 is 2.70 bits per heavy atom. The fraction of sp³-hybridized carbons (Fsp3) is 0.600. The van der Waals surface area contributed by atoms with Crippen LogP contribution in [0.1, 0.15) is 50.4 Å². The number of aliphatic hydroxyl groups is 2. The van der Waals surface area contributed by atoms with Gasteiger partial charge in [0.2, 0.25) is 5.95 Å². The van der Waals surface area contributed by atoms with Crippen LogP contribution in [0.25, 0.3) is 20.8 Å². The fourth-order valence-electron chi connectivity index (χ4n) is 4.87. The molecule has 1 aliphatic carbocycles. The van der Waals surface area contributed by atoms with Gasteiger partial charge in [0, 0.05) is 31.8 Å². The predicted octanol–water partition coefficient (Wildman–Crippen LogP) is 3.94. The Bertz CT molecular complexity index is 1270. The summed E-state index contributed by atoms with van der Waals surface area (Å²) in [5, 5.41) is 25.4. The molecule has 2 fully saturated rings. The third kappa shape index (κ3) is 5.25. The Balaban J connectivity index is 1.57. The number of nitrogens with one attached hydrogen (secondary N) is 1. The SMILES string of the molecule is CCOCCNc1nc(C)c(-c2nc3c(C4CC4)nccc3s2)c(N2CC[C@H](C(C)(F)F)[C@@H](O)C2O)n1. The lowest BCUT2D eigenvalue weighted by Crippen LogP contribution is -2.56. The van der Waals surface area contributed by atoms with Crippen LogP contribution >= 0.6 is 11.3 Å². The maximum Gasteiger partial charge on any atom is 0.250 e. The fourth-order valence-corrected chi connectivity index (χ4v) is 5.93. The van der Waals surface area contributed by atoms with Gasteiger partial charge in [-0.25, -0.2) is 18.7 Å². The molecule has 0 amide bonds. The zero-order chi connectivity index (χ0) is 26.3. The number of rotatable bonds is 9. The summed E-state index contributed by atoms with van der Waals surface area (Å²) < 4.78 is 34.6. The quantitative estimate of drug-likeness (QED) is 0.351. The number of hydrogen-bond donors (Lipinski definition) is 3. The standard InChI is InChI=1S/C25H32F2N6O3S/c1-4-36-12-10-29-24-30-13(2)17(22-31-19-16(37-22)7-9-28-18(19)14-5-6-14)21(32-24)33-11-8-15(25(3,26)27)20(34)23(33)35/h7,9,14-15,20,23,34-35H,4-6,8,10-12H2,1-3H3,(H,29,30,32)/t15-,20+,23?/m0/s1. The molecule has 3 N–H and O–H groups in total. The molecule has 37 heavy (non-hydrogen) atoms. The van der Waals surface area contributed by atoms with Gasteiger partial charge < -0.3 is 25.2 Å². The summed E-state index contributed by atoms with van der Waals surface area (Å²) in [6.07, 6.45) is 0.765. The van der Waals surface area contributed by atoms with E-state index < -0.39 is 24.2 Å². The summed E-state index contributed by atoms with van der Waals surface area (Å²) >= 11 is 1.48. The predicted molar refractivity (Wildman–Crippen MR) is 138 cm³/mol. The minimum Gasteiger partial charge on any atom is -0.388 e. The van der Waals surface area contributed by atoms with Gasteiger partial charge in [0.05, 0.1) is 34.2 Å². The summed E-state index contributed by atoms with van der Waals surface area (Å²) in [7, 11) is 0. The van der Waals surface area contributed by atoms with E-state index >= 15 is 0 Å². The highest BCUT2D eigenvalue weighted by molar-refractivity contribution is 7.21. The molecule has 200 valence electrons. The number of alkyl halides is 2. The van der Waals surface area contributed by atoms with Crippen molar-refractivity contribution in [1.29, 1.82) is 0 Å². The second kappa shape index (κ2) is 10.3. The first kappa shape index (κ1) is 26.1. The number of aliphatic hydroxyl groups excluding tert-OH is 2. The van der Waals surface area contributed by atoms with Crippen molar-refractivity contribution in [3.05, 3.63) is 23.7 Å². The van der Waals surface area contributed by atoms with Crippen molar-refractivity contribution in [1.82, 2.24) is 19.9 Å². The largest absolute Gasteiger partial charge is 0.388 e. The number of piperidine rings is 1. The van der Waals surface area contributed by atoms with E-state index in [4.69, 9.17) is 9.72 Å². The van der Waals surface area contributed by atoms with Crippen molar-refractivity contribution in [3.63, 3.8) is 0 Å². The Kier molecular flexibility index (Phi) is 7.27. The highest BCUT2D eigenvalue weighted by atomic mass is 32.1. The molecule has 3 aromatic rings. The number of anilines is 2. The molecule has 3 aromatic heterocycles. The van der Waals surface area contributed by atoms with Crippen molar-refractivity contribution in [2.75, 3.05) is 36.5 Å². The average molecular weight is 535 g/mol. The molecular formula is C25H32F2N6O3S. The zero-order valence-electron chi connectivity index (χ0n) is 21.1. The Morgan fingerprint density at radius 2 is 2.00 bits per heavy atom. The van der Waals surface area contributed by atoms with Gasteiger partial charge in [0.15, 0.2) is 6.23 Å². The number of hydrogen-bond acceptors (Lipinski definition) is 10. The van der Waals surface area contributed by atoms with Gasteiger partial charge in [0.25, 0.3) is 5.92 Å². The first-order chi connectivity index (χ1) is 17.7.